The van der Waals surface area contributed by atoms with E-state index in [1.807, 2.05) is 0 Å². The number of amides is 1. The van der Waals surface area contributed by atoms with Crippen molar-refractivity contribution in [1.82, 2.24) is 0 Å². The monoisotopic (exact) mass is 312 g/mol. The molecule has 1 aliphatic rings. The quantitative estimate of drug-likeness (QED) is 0.794. The standard InChI is InChI=1S/C13H16N2O5S/c1-8-11(12(9(2)16)21(18,19)20)13(17)15(14-8)10-6-4-3-5-7-10/h3-7,9,11-12,16H,1-2H3,(H,18,19,20)/t9-,11?,12+/m1/s1. The lowest BCUT2D eigenvalue weighted by molar-refractivity contribution is -0.120. The number of nitrogens with zero attached hydrogens (tertiary/aromatic N) is 2. The highest BCUT2D eigenvalue weighted by Gasteiger charge is 2.47. The second-order valence-corrected chi connectivity index (χ2v) is 6.50. The van der Waals surface area contributed by atoms with Gasteiger partial charge in [0.05, 0.1) is 11.8 Å². The normalized spacial score (nSPS) is 22.1. The van der Waals surface area contributed by atoms with Crippen molar-refractivity contribution in [3.8, 4) is 0 Å². The molecule has 1 aromatic carbocycles. The summed E-state index contributed by atoms with van der Waals surface area (Å²) >= 11 is 0. The minimum absolute atomic E-state index is 0.229. The molecule has 0 radical (unpaired) electrons. The van der Waals surface area contributed by atoms with Crippen molar-refractivity contribution in [1.29, 1.82) is 0 Å². The molecule has 1 amide bonds. The van der Waals surface area contributed by atoms with Crippen molar-refractivity contribution in [2.45, 2.75) is 25.2 Å². The van der Waals surface area contributed by atoms with E-state index in [1.54, 1.807) is 30.3 Å². The third-order valence-electron chi connectivity index (χ3n) is 3.33. The molecule has 7 nitrogen and oxygen atoms in total. The Labute approximate surface area is 122 Å². The summed E-state index contributed by atoms with van der Waals surface area (Å²) in [4.78, 5) is 12.4. The maximum Gasteiger partial charge on any atom is 0.271 e. The molecular formula is C13H16N2O5S. The van der Waals surface area contributed by atoms with Gasteiger partial charge in [-0.15, -0.1) is 0 Å². The highest BCUT2D eigenvalue weighted by Crippen LogP contribution is 2.29. The lowest BCUT2D eigenvalue weighted by Crippen LogP contribution is -2.45. The topological polar surface area (TPSA) is 107 Å². The van der Waals surface area contributed by atoms with Gasteiger partial charge in [-0.3, -0.25) is 9.35 Å². The fourth-order valence-corrected chi connectivity index (χ4v) is 3.57. The van der Waals surface area contributed by atoms with Crippen LogP contribution in [0.3, 0.4) is 0 Å². The van der Waals surface area contributed by atoms with E-state index >= 15 is 0 Å². The Morgan fingerprint density at radius 1 is 1.29 bits per heavy atom. The van der Waals surface area contributed by atoms with Crippen molar-refractivity contribution in [3.63, 3.8) is 0 Å². The summed E-state index contributed by atoms with van der Waals surface area (Å²) in [6, 6.07) is 8.52. The van der Waals surface area contributed by atoms with Gasteiger partial charge in [0.1, 0.15) is 11.2 Å². The molecule has 114 valence electrons. The molecule has 0 saturated carbocycles. The first-order valence-electron chi connectivity index (χ1n) is 6.32. The van der Waals surface area contributed by atoms with E-state index in [4.69, 9.17) is 0 Å². The molecule has 0 aromatic heterocycles. The Hall–Kier alpha value is -1.77. The molecule has 1 heterocycles. The number of rotatable bonds is 4. The van der Waals surface area contributed by atoms with Gasteiger partial charge in [-0.1, -0.05) is 18.2 Å². The van der Waals surface area contributed by atoms with Crippen LogP contribution in [0, 0.1) is 5.92 Å². The van der Waals surface area contributed by atoms with Crippen molar-refractivity contribution in [2.75, 3.05) is 5.01 Å². The maximum absolute atomic E-state index is 12.4. The average molecular weight is 312 g/mol. The number of aliphatic hydroxyl groups excluding tert-OH is 1. The largest absolute Gasteiger partial charge is 0.392 e. The molecule has 1 aliphatic heterocycles. The summed E-state index contributed by atoms with van der Waals surface area (Å²) in [5, 5.41) is 13.1. The number of hydrogen-bond acceptors (Lipinski definition) is 5. The zero-order valence-electron chi connectivity index (χ0n) is 11.5. The molecule has 2 rings (SSSR count). The predicted molar refractivity (Wildman–Crippen MR) is 77.5 cm³/mol. The Bertz CT molecular complexity index is 669. The molecule has 0 spiro atoms. The minimum Gasteiger partial charge on any atom is -0.392 e. The first kappa shape index (κ1) is 15.6. The molecule has 1 aromatic rings. The van der Waals surface area contributed by atoms with Crippen LogP contribution in [-0.2, 0) is 14.9 Å². The zero-order chi connectivity index (χ0) is 15.8. The number of carbonyl (C=O) groups excluding carboxylic acids is 1. The number of carbonyl (C=O) groups is 1. The summed E-state index contributed by atoms with van der Waals surface area (Å²) in [6.45, 7) is 2.70. The van der Waals surface area contributed by atoms with E-state index in [9.17, 15) is 22.9 Å². The molecule has 0 bridgehead atoms. The van der Waals surface area contributed by atoms with Gasteiger partial charge >= 0.3 is 0 Å². The van der Waals surface area contributed by atoms with E-state index in [0.29, 0.717) is 5.69 Å². The van der Waals surface area contributed by atoms with Crippen molar-refractivity contribution < 1.29 is 22.9 Å². The third-order valence-corrected chi connectivity index (χ3v) is 4.69. The number of hydrogen-bond donors (Lipinski definition) is 2. The highest BCUT2D eigenvalue weighted by atomic mass is 32.2. The molecule has 8 heteroatoms. The van der Waals surface area contributed by atoms with Gasteiger partial charge in [0.15, 0.2) is 0 Å². The van der Waals surface area contributed by atoms with E-state index in [0.717, 1.165) is 5.01 Å². The number of benzene rings is 1. The summed E-state index contributed by atoms with van der Waals surface area (Å²) in [6.07, 6.45) is -1.41. The number of aliphatic hydroxyl groups is 1. The van der Waals surface area contributed by atoms with E-state index in [1.165, 1.54) is 13.8 Å². The van der Waals surface area contributed by atoms with Crippen LogP contribution in [0.4, 0.5) is 5.69 Å². The summed E-state index contributed by atoms with van der Waals surface area (Å²) in [5.74, 6) is -1.80. The van der Waals surface area contributed by atoms with Gasteiger partial charge in [-0.05, 0) is 26.0 Å². The third kappa shape index (κ3) is 2.97. The molecular weight excluding hydrogens is 296 g/mol. The fraction of sp³-hybridized carbons (Fsp3) is 0.385. The molecule has 1 unspecified atom stereocenters. The number of hydrazone groups is 1. The Morgan fingerprint density at radius 3 is 2.33 bits per heavy atom. The van der Waals surface area contributed by atoms with E-state index < -0.39 is 33.3 Å². The Balaban J connectivity index is 2.41. The number of anilines is 1. The lowest BCUT2D eigenvalue weighted by Gasteiger charge is -2.22. The first-order valence-corrected chi connectivity index (χ1v) is 7.82. The fourth-order valence-electron chi connectivity index (χ4n) is 2.41. The zero-order valence-corrected chi connectivity index (χ0v) is 12.4. The first-order chi connectivity index (χ1) is 9.73. The Kier molecular flexibility index (Phi) is 4.13. The van der Waals surface area contributed by atoms with Gasteiger partial charge in [0, 0.05) is 5.71 Å². The van der Waals surface area contributed by atoms with Crippen molar-refractivity contribution >= 4 is 27.4 Å². The van der Waals surface area contributed by atoms with Crippen LogP contribution in [0.25, 0.3) is 0 Å². The second-order valence-electron chi connectivity index (χ2n) is 4.92. The van der Waals surface area contributed by atoms with Gasteiger partial charge in [0.25, 0.3) is 16.0 Å². The summed E-state index contributed by atoms with van der Waals surface area (Å²) < 4.78 is 32.2. The highest BCUT2D eigenvalue weighted by molar-refractivity contribution is 7.86. The average Bonchev–Trinajstić information content (AvgIpc) is 2.66. The second kappa shape index (κ2) is 5.55. The van der Waals surface area contributed by atoms with Crippen LogP contribution in [0.2, 0.25) is 0 Å². The van der Waals surface area contributed by atoms with Gasteiger partial charge in [-0.2, -0.15) is 13.5 Å². The van der Waals surface area contributed by atoms with Crippen molar-refractivity contribution in [2.24, 2.45) is 11.0 Å². The molecule has 0 aliphatic carbocycles. The van der Waals surface area contributed by atoms with Crippen LogP contribution in [0.15, 0.2) is 35.4 Å². The van der Waals surface area contributed by atoms with Crippen LogP contribution in [0.5, 0.6) is 0 Å². The van der Waals surface area contributed by atoms with Crippen LogP contribution < -0.4 is 5.01 Å². The van der Waals surface area contributed by atoms with Gasteiger partial charge in [-0.25, -0.2) is 5.01 Å². The molecule has 3 atom stereocenters. The molecule has 0 saturated heterocycles. The maximum atomic E-state index is 12.4. The van der Waals surface area contributed by atoms with E-state index in [-0.39, 0.29) is 5.71 Å². The van der Waals surface area contributed by atoms with Gasteiger partial charge in [0.2, 0.25) is 0 Å². The smallest absolute Gasteiger partial charge is 0.271 e. The SMILES string of the molecule is CC1=NN(c2ccccc2)C(=O)C1[C@H]([C@@H](C)O)S(=O)(=O)O. The number of para-hydroxylation sites is 1. The van der Waals surface area contributed by atoms with Gasteiger partial charge < -0.3 is 5.11 Å². The van der Waals surface area contributed by atoms with Crippen LogP contribution in [-0.4, -0.2) is 41.0 Å². The van der Waals surface area contributed by atoms with Crippen LogP contribution >= 0.6 is 0 Å². The minimum atomic E-state index is -4.60. The van der Waals surface area contributed by atoms with Crippen LogP contribution in [0.1, 0.15) is 13.8 Å². The lowest BCUT2D eigenvalue weighted by atomic mass is 9.97. The van der Waals surface area contributed by atoms with E-state index in [2.05, 4.69) is 5.10 Å². The summed E-state index contributed by atoms with van der Waals surface area (Å²) in [7, 11) is -4.60. The molecule has 0 fully saturated rings. The molecule has 2 N–H and O–H groups in total. The predicted octanol–water partition coefficient (Wildman–Crippen LogP) is 0.663. The summed E-state index contributed by atoms with van der Waals surface area (Å²) in [5.41, 5.74) is 0.719. The Morgan fingerprint density at radius 2 is 1.86 bits per heavy atom. The molecule has 21 heavy (non-hydrogen) atoms. The van der Waals surface area contributed by atoms with Crippen molar-refractivity contribution in [3.05, 3.63) is 30.3 Å².